The van der Waals surface area contributed by atoms with Crippen LogP contribution in [0.5, 0.6) is 5.75 Å². The van der Waals surface area contributed by atoms with Crippen molar-refractivity contribution in [2.75, 3.05) is 13.2 Å². The second-order valence-electron chi connectivity index (χ2n) is 7.77. The summed E-state index contributed by atoms with van der Waals surface area (Å²) >= 11 is 0. The molecule has 0 amide bonds. The first-order valence-corrected chi connectivity index (χ1v) is 9.94. The number of hydrogen-bond donors (Lipinski definition) is 4. The fourth-order valence-electron chi connectivity index (χ4n) is 3.83. The number of benzene rings is 2. The Morgan fingerprint density at radius 1 is 1.03 bits per heavy atom. The highest BCUT2D eigenvalue weighted by Crippen LogP contribution is 2.39. The molecular weight excluding hydrogens is 372 g/mol. The van der Waals surface area contributed by atoms with Crippen LogP contribution in [0.25, 0.3) is 0 Å². The van der Waals surface area contributed by atoms with Crippen LogP contribution >= 0.6 is 0 Å². The number of aliphatic hydroxyl groups is 4. The fraction of sp³-hybridized carbons (Fsp3) is 0.478. The van der Waals surface area contributed by atoms with Crippen molar-refractivity contribution in [1.29, 1.82) is 0 Å². The van der Waals surface area contributed by atoms with Crippen LogP contribution in [0.1, 0.15) is 36.1 Å². The minimum Gasteiger partial charge on any atom is -0.494 e. The zero-order chi connectivity index (χ0) is 21.2. The van der Waals surface area contributed by atoms with Gasteiger partial charge in [-0.15, -0.1) is 0 Å². The average Bonchev–Trinajstić information content (AvgIpc) is 2.72. The normalized spacial score (nSPS) is 29.6. The van der Waals surface area contributed by atoms with E-state index in [0.29, 0.717) is 18.6 Å². The van der Waals surface area contributed by atoms with E-state index in [1.807, 2.05) is 56.3 Å². The van der Waals surface area contributed by atoms with Crippen molar-refractivity contribution < 1.29 is 29.9 Å². The summed E-state index contributed by atoms with van der Waals surface area (Å²) in [6.07, 6.45) is -4.39. The number of aryl methyl sites for hydroxylation is 1. The highest BCUT2D eigenvalue weighted by Gasteiger charge is 2.51. The Kier molecular flexibility index (Phi) is 6.61. The van der Waals surface area contributed by atoms with Gasteiger partial charge in [-0.25, -0.2) is 0 Å². The topological polar surface area (TPSA) is 99.4 Å². The van der Waals surface area contributed by atoms with Crippen molar-refractivity contribution in [1.82, 2.24) is 0 Å². The van der Waals surface area contributed by atoms with Gasteiger partial charge in [-0.05, 0) is 61.6 Å². The standard InChI is InChI=1S/C23H30O6/c1-4-28-18-9-6-15(7-10-18)11-16-12-17(8-5-14(16)2)23(3)22(27)21(26)20(25)19(13-24)29-23/h5-10,12,19-22,24-27H,4,11,13H2,1-3H3/t19-,20+,21-,22+,23+/m0/s1. The third-order valence-corrected chi connectivity index (χ3v) is 5.75. The van der Waals surface area contributed by atoms with E-state index >= 15 is 0 Å². The van der Waals surface area contributed by atoms with Crippen LogP contribution in [0.3, 0.4) is 0 Å². The summed E-state index contributed by atoms with van der Waals surface area (Å²) in [5.74, 6) is 0.829. The Labute approximate surface area is 171 Å². The lowest BCUT2D eigenvalue weighted by Gasteiger charge is -2.47. The van der Waals surface area contributed by atoms with Crippen LogP contribution in [0, 0.1) is 6.92 Å². The molecule has 0 radical (unpaired) electrons. The zero-order valence-electron chi connectivity index (χ0n) is 17.1. The molecule has 0 unspecified atom stereocenters. The molecule has 1 heterocycles. The molecule has 158 valence electrons. The van der Waals surface area contributed by atoms with Crippen LogP contribution in [0.15, 0.2) is 42.5 Å². The summed E-state index contributed by atoms with van der Waals surface area (Å²) < 4.78 is 11.4. The SMILES string of the molecule is CCOc1ccc(Cc2cc([C@@]3(C)O[C@@H](CO)[C@@H](O)[C@H](O)[C@H]3O)ccc2C)cc1. The lowest BCUT2D eigenvalue weighted by molar-refractivity contribution is -0.273. The smallest absolute Gasteiger partial charge is 0.119 e. The average molecular weight is 402 g/mol. The quantitative estimate of drug-likeness (QED) is 0.587. The van der Waals surface area contributed by atoms with Crippen LogP contribution in [0.4, 0.5) is 0 Å². The van der Waals surface area contributed by atoms with Gasteiger partial charge in [0.1, 0.15) is 35.8 Å². The minimum atomic E-state index is -1.42. The van der Waals surface area contributed by atoms with E-state index in [9.17, 15) is 20.4 Å². The van der Waals surface area contributed by atoms with Gasteiger partial charge in [-0.2, -0.15) is 0 Å². The van der Waals surface area contributed by atoms with Crippen LogP contribution in [-0.2, 0) is 16.8 Å². The Morgan fingerprint density at radius 3 is 2.34 bits per heavy atom. The first-order chi connectivity index (χ1) is 13.8. The molecule has 3 rings (SSSR count). The van der Waals surface area contributed by atoms with E-state index in [0.717, 1.165) is 22.4 Å². The van der Waals surface area contributed by atoms with Crippen LogP contribution < -0.4 is 4.74 Å². The van der Waals surface area contributed by atoms with Gasteiger partial charge in [0.2, 0.25) is 0 Å². The highest BCUT2D eigenvalue weighted by molar-refractivity contribution is 5.39. The van der Waals surface area contributed by atoms with E-state index in [2.05, 4.69) is 0 Å². The monoisotopic (exact) mass is 402 g/mol. The Balaban J connectivity index is 1.89. The summed E-state index contributed by atoms with van der Waals surface area (Å²) in [6.45, 7) is 5.80. The highest BCUT2D eigenvalue weighted by atomic mass is 16.6. The summed E-state index contributed by atoms with van der Waals surface area (Å²) in [4.78, 5) is 0. The number of hydrogen-bond acceptors (Lipinski definition) is 6. The molecule has 0 aliphatic carbocycles. The van der Waals surface area contributed by atoms with Crippen molar-refractivity contribution in [3.05, 3.63) is 64.7 Å². The van der Waals surface area contributed by atoms with Gasteiger partial charge in [0.05, 0.1) is 13.2 Å². The van der Waals surface area contributed by atoms with E-state index in [4.69, 9.17) is 9.47 Å². The fourth-order valence-corrected chi connectivity index (χ4v) is 3.83. The lowest BCUT2D eigenvalue weighted by atomic mass is 9.80. The molecule has 2 aromatic carbocycles. The molecule has 5 atom stereocenters. The molecule has 1 fully saturated rings. The summed E-state index contributed by atoms with van der Waals surface area (Å²) in [7, 11) is 0. The van der Waals surface area contributed by atoms with Gasteiger partial charge in [0.15, 0.2) is 0 Å². The maximum absolute atomic E-state index is 10.6. The van der Waals surface area contributed by atoms with Crippen molar-refractivity contribution in [3.63, 3.8) is 0 Å². The lowest BCUT2D eigenvalue weighted by Crippen LogP contribution is -2.62. The van der Waals surface area contributed by atoms with Crippen LogP contribution in [-0.4, -0.2) is 58.1 Å². The molecule has 0 saturated carbocycles. The Hall–Kier alpha value is -1.96. The molecule has 2 aromatic rings. The maximum Gasteiger partial charge on any atom is 0.119 e. The predicted octanol–water partition coefficient (Wildman–Crippen LogP) is 1.67. The maximum atomic E-state index is 10.6. The Bertz CT molecular complexity index is 819. The summed E-state index contributed by atoms with van der Waals surface area (Å²) in [6, 6.07) is 13.7. The van der Waals surface area contributed by atoms with E-state index < -0.39 is 36.6 Å². The zero-order valence-corrected chi connectivity index (χ0v) is 17.1. The summed E-state index contributed by atoms with van der Waals surface area (Å²) in [5, 5.41) is 40.5. The van der Waals surface area contributed by atoms with E-state index in [1.54, 1.807) is 6.92 Å². The third-order valence-electron chi connectivity index (χ3n) is 5.75. The largest absolute Gasteiger partial charge is 0.494 e. The third kappa shape index (κ3) is 4.32. The van der Waals surface area contributed by atoms with Crippen molar-refractivity contribution >= 4 is 0 Å². The van der Waals surface area contributed by atoms with E-state index in [-0.39, 0.29) is 0 Å². The first-order valence-electron chi connectivity index (χ1n) is 9.94. The Morgan fingerprint density at radius 2 is 1.72 bits per heavy atom. The van der Waals surface area contributed by atoms with Crippen molar-refractivity contribution in [2.24, 2.45) is 0 Å². The molecule has 29 heavy (non-hydrogen) atoms. The molecular formula is C23H30O6. The van der Waals surface area contributed by atoms with Gasteiger partial charge in [-0.1, -0.05) is 30.3 Å². The molecule has 0 bridgehead atoms. The molecule has 6 nitrogen and oxygen atoms in total. The second-order valence-corrected chi connectivity index (χ2v) is 7.77. The van der Waals surface area contributed by atoms with Crippen LogP contribution in [0.2, 0.25) is 0 Å². The minimum absolute atomic E-state index is 0.453. The molecule has 1 saturated heterocycles. The first kappa shape index (κ1) is 21.7. The molecule has 1 aliphatic heterocycles. The number of aliphatic hydroxyl groups excluding tert-OH is 4. The molecule has 0 aromatic heterocycles. The van der Waals surface area contributed by atoms with Gasteiger partial charge in [-0.3, -0.25) is 0 Å². The second kappa shape index (κ2) is 8.81. The molecule has 6 heteroatoms. The van der Waals surface area contributed by atoms with Gasteiger partial charge < -0.3 is 29.9 Å². The summed E-state index contributed by atoms with van der Waals surface area (Å²) in [5.41, 5.74) is 2.70. The van der Waals surface area contributed by atoms with Gasteiger partial charge in [0, 0.05) is 0 Å². The predicted molar refractivity (Wildman–Crippen MR) is 109 cm³/mol. The van der Waals surface area contributed by atoms with E-state index in [1.165, 1.54) is 0 Å². The van der Waals surface area contributed by atoms with Crippen molar-refractivity contribution in [3.8, 4) is 5.75 Å². The van der Waals surface area contributed by atoms with Gasteiger partial charge >= 0.3 is 0 Å². The van der Waals surface area contributed by atoms with Crippen molar-refractivity contribution in [2.45, 2.75) is 57.2 Å². The molecule has 1 aliphatic rings. The molecule has 0 spiro atoms. The van der Waals surface area contributed by atoms with Gasteiger partial charge in [0.25, 0.3) is 0 Å². The number of rotatable bonds is 6. The molecule has 4 N–H and O–H groups in total. The number of ether oxygens (including phenoxy) is 2.